The Morgan fingerprint density at radius 1 is 1.30 bits per heavy atom. The summed E-state index contributed by atoms with van der Waals surface area (Å²) >= 11 is 0. The number of fused-ring (bicyclic) bond motifs is 1. The van der Waals surface area contributed by atoms with Gasteiger partial charge in [-0.15, -0.1) is 5.10 Å². The predicted molar refractivity (Wildman–Crippen MR) is 84.6 cm³/mol. The summed E-state index contributed by atoms with van der Waals surface area (Å²) in [6, 6.07) is 9.54. The average Bonchev–Trinajstić information content (AvgIpc) is 3.01. The van der Waals surface area contributed by atoms with Crippen molar-refractivity contribution in [3.63, 3.8) is 0 Å². The molecular formula is C16H17N5O2. The number of para-hydroxylation sites is 1. The normalized spacial score (nSPS) is 10.7. The molecule has 2 aromatic heterocycles. The maximum Gasteiger partial charge on any atom is 0.291 e. The zero-order chi connectivity index (χ0) is 16.2. The Balaban J connectivity index is 1.66. The Hall–Kier alpha value is -2.96. The van der Waals surface area contributed by atoms with Gasteiger partial charge in [-0.25, -0.2) is 9.50 Å². The largest absolute Gasteiger partial charge is 0.496 e. The number of nitrogens with zero attached hydrogens (tertiary/aromatic N) is 4. The molecule has 1 N–H and O–H groups in total. The van der Waals surface area contributed by atoms with E-state index in [1.54, 1.807) is 17.8 Å². The maximum absolute atomic E-state index is 12.2. The number of aryl methyl sites for hydroxylation is 1. The molecule has 1 amide bonds. The lowest BCUT2D eigenvalue weighted by atomic mass is 10.1. The highest BCUT2D eigenvalue weighted by Crippen LogP contribution is 2.17. The molecule has 0 radical (unpaired) electrons. The second kappa shape index (κ2) is 6.43. The number of carbonyl (C=O) groups is 1. The molecule has 0 fully saturated rings. The van der Waals surface area contributed by atoms with Gasteiger partial charge >= 0.3 is 0 Å². The van der Waals surface area contributed by atoms with Gasteiger partial charge < -0.3 is 10.1 Å². The fourth-order valence-electron chi connectivity index (χ4n) is 2.30. The Morgan fingerprint density at radius 3 is 2.91 bits per heavy atom. The summed E-state index contributed by atoms with van der Waals surface area (Å²) in [5.74, 6) is 1.03. The molecule has 3 rings (SSSR count). The molecular weight excluding hydrogens is 294 g/mol. The van der Waals surface area contributed by atoms with Gasteiger partial charge in [-0.3, -0.25) is 4.79 Å². The van der Waals surface area contributed by atoms with Crippen molar-refractivity contribution in [3.05, 3.63) is 53.6 Å². The minimum Gasteiger partial charge on any atom is -0.496 e. The van der Waals surface area contributed by atoms with Crippen molar-refractivity contribution < 1.29 is 9.53 Å². The number of ether oxygens (including phenoxy) is 1. The van der Waals surface area contributed by atoms with E-state index in [2.05, 4.69) is 20.4 Å². The molecule has 1 aromatic carbocycles. The van der Waals surface area contributed by atoms with Crippen LogP contribution in [0.15, 0.2) is 36.5 Å². The SMILES string of the molecule is COc1ccccc1CCNC(=O)c1nc2nccc(C)n2n1. The van der Waals surface area contributed by atoms with E-state index in [1.165, 1.54) is 0 Å². The van der Waals surface area contributed by atoms with Crippen molar-refractivity contribution in [1.29, 1.82) is 0 Å². The first kappa shape index (κ1) is 15.0. The first-order valence-corrected chi connectivity index (χ1v) is 7.27. The number of rotatable bonds is 5. The van der Waals surface area contributed by atoms with Gasteiger partial charge in [-0.2, -0.15) is 4.98 Å². The van der Waals surface area contributed by atoms with Crippen LogP contribution in [0.2, 0.25) is 0 Å². The van der Waals surface area contributed by atoms with E-state index in [9.17, 15) is 4.79 Å². The number of amides is 1. The fraction of sp³-hybridized carbons (Fsp3) is 0.250. The Kier molecular flexibility index (Phi) is 4.18. The van der Waals surface area contributed by atoms with Crippen molar-refractivity contribution in [2.45, 2.75) is 13.3 Å². The molecule has 3 aromatic rings. The average molecular weight is 311 g/mol. The van der Waals surface area contributed by atoms with Crippen molar-refractivity contribution >= 4 is 11.7 Å². The third kappa shape index (κ3) is 3.13. The van der Waals surface area contributed by atoms with E-state index in [-0.39, 0.29) is 11.7 Å². The number of nitrogens with one attached hydrogen (secondary N) is 1. The Labute approximate surface area is 133 Å². The van der Waals surface area contributed by atoms with Crippen LogP contribution in [-0.2, 0) is 6.42 Å². The predicted octanol–water partition coefficient (Wildman–Crippen LogP) is 1.41. The van der Waals surface area contributed by atoms with Crippen LogP contribution in [0.5, 0.6) is 5.75 Å². The van der Waals surface area contributed by atoms with Gasteiger partial charge in [0.15, 0.2) is 0 Å². The molecule has 0 aliphatic rings. The number of hydrogen-bond acceptors (Lipinski definition) is 5. The highest BCUT2D eigenvalue weighted by atomic mass is 16.5. The van der Waals surface area contributed by atoms with Gasteiger partial charge in [0, 0.05) is 18.4 Å². The van der Waals surface area contributed by atoms with Crippen LogP contribution in [-0.4, -0.2) is 39.1 Å². The monoisotopic (exact) mass is 311 g/mol. The lowest BCUT2D eigenvalue weighted by Crippen LogP contribution is -2.27. The molecule has 0 aliphatic heterocycles. The van der Waals surface area contributed by atoms with Gasteiger partial charge in [-0.1, -0.05) is 18.2 Å². The summed E-state index contributed by atoms with van der Waals surface area (Å²) in [5, 5.41) is 7.00. The first-order valence-electron chi connectivity index (χ1n) is 7.27. The number of carbonyl (C=O) groups excluding carboxylic acids is 1. The minimum absolute atomic E-state index is 0.117. The van der Waals surface area contributed by atoms with Crippen molar-refractivity contribution in [1.82, 2.24) is 24.9 Å². The Morgan fingerprint density at radius 2 is 2.13 bits per heavy atom. The van der Waals surface area contributed by atoms with Gasteiger partial charge in [0.05, 0.1) is 7.11 Å². The van der Waals surface area contributed by atoms with Crippen molar-refractivity contribution in [2.75, 3.05) is 13.7 Å². The third-order valence-electron chi connectivity index (χ3n) is 3.51. The molecule has 0 saturated heterocycles. The van der Waals surface area contributed by atoms with Gasteiger partial charge in [0.25, 0.3) is 11.7 Å². The third-order valence-corrected chi connectivity index (χ3v) is 3.51. The second-order valence-electron chi connectivity index (χ2n) is 5.05. The Bertz CT molecular complexity index is 843. The zero-order valence-electron chi connectivity index (χ0n) is 13.0. The van der Waals surface area contributed by atoms with Crippen LogP contribution in [0, 0.1) is 6.92 Å². The van der Waals surface area contributed by atoms with E-state index in [1.807, 2.05) is 37.3 Å². The summed E-state index contributed by atoms with van der Waals surface area (Å²) in [5.41, 5.74) is 1.91. The van der Waals surface area contributed by atoms with Crippen LogP contribution >= 0.6 is 0 Å². The first-order chi connectivity index (χ1) is 11.2. The molecule has 0 saturated carbocycles. The molecule has 7 nitrogen and oxygen atoms in total. The lowest BCUT2D eigenvalue weighted by Gasteiger charge is -2.08. The summed E-state index contributed by atoms with van der Waals surface area (Å²) in [7, 11) is 1.63. The van der Waals surface area contributed by atoms with Gasteiger partial charge in [0.1, 0.15) is 5.75 Å². The van der Waals surface area contributed by atoms with E-state index >= 15 is 0 Å². The molecule has 0 aliphatic carbocycles. The molecule has 2 heterocycles. The number of methoxy groups -OCH3 is 1. The van der Waals surface area contributed by atoms with Crippen LogP contribution in [0.3, 0.4) is 0 Å². The second-order valence-corrected chi connectivity index (χ2v) is 5.05. The quantitative estimate of drug-likeness (QED) is 0.770. The van der Waals surface area contributed by atoms with Gasteiger partial charge in [-0.05, 0) is 31.0 Å². The number of aromatic nitrogens is 4. The molecule has 0 spiro atoms. The zero-order valence-corrected chi connectivity index (χ0v) is 13.0. The number of benzene rings is 1. The summed E-state index contributed by atoms with van der Waals surface area (Å²) in [6.45, 7) is 2.36. The van der Waals surface area contributed by atoms with E-state index < -0.39 is 0 Å². The highest BCUT2D eigenvalue weighted by Gasteiger charge is 2.14. The fourth-order valence-corrected chi connectivity index (χ4v) is 2.30. The van der Waals surface area contributed by atoms with Crippen molar-refractivity contribution in [2.24, 2.45) is 0 Å². The molecule has 0 unspecified atom stereocenters. The van der Waals surface area contributed by atoms with Gasteiger partial charge in [0.2, 0.25) is 5.82 Å². The van der Waals surface area contributed by atoms with Crippen LogP contribution in [0.1, 0.15) is 21.9 Å². The standard InChI is InChI=1S/C16H17N5O2/c1-11-7-9-18-16-19-14(20-21(11)16)15(22)17-10-8-12-5-3-4-6-13(12)23-2/h3-7,9H,8,10H2,1-2H3,(H,17,22). The van der Waals surface area contributed by atoms with Crippen LogP contribution < -0.4 is 10.1 Å². The highest BCUT2D eigenvalue weighted by molar-refractivity contribution is 5.90. The topological polar surface area (TPSA) is 81.4 Å². The number of hydrogen-bond donors (Lipinski definition) is 1. The molecule has 118 valence electrons. The van der Waals surface area contributed by atoms with E-state index in [0.29, 0.717) is 18.7 Å². The van der Waals surface area contributed by atoms with Crippen LogP contribution in [0.25, 0.3) is 5.78 Å². The summed E-state index contributed by atoms with van der Waals surface area (Å²) in [6.07, 6.45) is 2.31. The molecule has 23 heavy (non-hydrogen) atoms. The maximum atomic E-state index is 12.2. The van der Waals surface area contributed by atoms with E-state index in [4.69, 9.17) is 4.74 Å². The van der Waals surface area contributed by atoms with Crippen molar-refractivity contribution in [3.8, 4) is 5.75 Å². The smallest absolute Gasteiger partial charge is 0.291 e. The molecule has 0 bridgehead atoms. The lowest BCUT2D eigenvalue weighted by molar-refractivity contribution is 0.0944. The molecule has 7 heteroatoms. The molecule has 0 atom stereocenters. The van der Waals surface area contributed by atoms with Crippen LogP contribution in [0.4, 0.5) is 0 Å². The minimum atomic E-state index is -0.315. The van der Waals surface area contributed by atoms with E-state index in [0.717, 1.165) is 17.0 Å². The summed E-state index contributed by atoms with van der Waals surface area (Å²) in [4.78, 5) is 20.4. The summed E-state index contributed by atoms with van der Waals surface area (Å²) < 4.78 is 6.84.